The molecule has 0 amide bonds. The lowest BCUT2D eigenvalue weighted by Gasteiger charge is -2.44. The third kappa shape index (κ3) is 4.08. The Bertz CT molecular complexity index is 393. The summed E-state index contributed by atoms with van der Waals surface area (Å²) in [4.78, 5) is 0. The van der Waals surface area contributed by atoms with Gasteiger partial charge in [0.1, 0.15) is 0 Å². The molecule has 0 bridgehead atoms. The molecule has 118 valence electrons. The molecule has 21 heavy (non-hydrogen) atoms. The molecule has 1 aromatic carbocycles. The van der Waals surface area contributed by atoms with E-state index in [1.807, 2.05) is 0 Å². The van der Waals surface area contributed by atoms with Crippen molar-refractivity contribution in [1.29, 1.82) is 0 Å². The fourth-order valence-corrected chi connectivity index (χ4v) is 4.04. The van der Waals surface area contributed by atoms with Crippen molar-refractivity contribution in [1.82, 2.24) is 5.43 Å². The van der Waals surface area contributed by atoms with Gasteiger partial charge in [0.05, 0.1) is 0 Å². The van der Waals surface area contributed by atoms with Gasteiger partial charge in [-0.1, -0.05) is 76.3 Å². The number of hydrazine groups is 1. The molecule has 1 aromatic rings. The molecule has 2 heteroatoms. The highest BCUT2D eigenvalue weighted by Gasteiger charge is 2.40. The summed E-state index contributed by atoms with van der Waals surface area (Å²) in [6, 6.07) is 11.5. The van der Waals surface area contributed by atoms with Gasteiger partial charge < -0.3 is 0 Å². The molecule has 0 aliphatic heterocycles. The Kier molecular flexibility index (Phi) is 6.25. The lowest BCUT2D eigenvalue weighted by Crippen LogP contribution is -2.52. The van der Waals surface area contributed by atoms with Crippen molar-refractivity contribution in [3.05, 3.63) is 35.9 Å². The second-order valence-electron chi connectivity index (χ2n) is 7.13. The van der Waals surface area contributed by atoms with E-state index in [4.69, 9.17) is 5.84 Å². The first kappa shape index (κ1) is 16.5. The minimum absolute atomic E-state index is 0.241. The maximum Gasteiger partial charge on any atom is 0.0307 e. The van der Waals surface area contributed by atoms with Crippen molar-refractivity contribution >= 4 is 0 Å². The van der Waals surface area contributed by atoms with E-state index in [9.17, 15) is 0 Å². The lowest BCUT2D eigenvalue weighted by atomic mass is 9.64. The molecule has 0 saturated heterocycles. The highest BCUT2D eigenvalue weighted by molar-refractivity contribution is 5.28. The minimum Gasteiger partial charge on any atom is -0.271 e. The van der Waals surface area contributed by atoms with E-state index in [0.717, 1.165) is 5.92 Å². The molecule has 2 nitrogen and oxygen atoms in total. The Morgan fingerprint density at radius 1 is 1.05 bits per heavy atom. The first-order valence-corrected chi connectivity index (χ1v) is 8.71. The van der Waals surface area contributed by atoms with Gasteiger partial charge in [-0.25, -0.2) is 0 Å². The molecule has 2 rings (SSSR count). The van der Waals surface area contributed by atoms with Crippen LogP contribution in [-0.2, 0) is 5.41 Å². The van der Waals surface area contributed by atoms with Gasteiger partial charge in [0.15, 0.2) is 0 Å². The van der Waals surface area contributed by atoms with Crippen LogP contribution in [0.2, 0.25) is 0 Å². The van der Waals surface area contributed by atoms with E-state index in [1.54, 1.807) is 0 Å². The summed E-state index contributed by atoms with van der Waals surface area (Å²) >= 11 is 0. The maximum absolute atomic E-state index is 5.99. The average Bonchev–Trinajstić information content (AvgIpc) is 2.53. The molecule has 0 spiro atoms. The molecule has 1 unspecified atom stereocenters. The van der Waals surface area contributed by atoms with Crippen LogP contribution in [0.1, 0.15) is 70.8 Å². The molecule has 1 atom stereocenters. The zero-order valence-corrected chi connectivity index (χ0v) is 13.8. The third-order valence-electron chi connectivity index (χ3n) is 5.24. The van der Waals surface area contributed by atoms with Gasteiger partial charge in [-0.2, -0.15) is 0 Å². The monoisotopic (exact) mass is 288 g/mol. The standard InChI is InChI=1S/C19H32N2/c1-16(2)10-9-13-18(21-20)19(14-7-4-8-15-19)17-11-5-3-6-12-17/h3,5-6,11-12,16,18,21H,4,7-10,13-15,20H2,1-2H3. The van der Waals surface area contributed by atoms with Crippen molar-refractivity contribution in [3.8, 4) is 0 Å². The van der Waals surface area contributed by atoms with Crippen LogP contribution < -0.4 is 11.3 Å². The summed E-state index contributed by atoms with van der Waals surface area (Å²) in [5.74, 6) is 6.77. The van der Waals surface area contributed by atoms with Gasteiger partial charge in [-0.15, -0.1) is 0 Å². The van der Waals surface area contributed by atoms with Crippen LogP contribution >= 0.6 is 0 Å². The second kappa shape index (κ2) is 7.95. The minimum atomic E-state index is 0.241. The molecule has 1 aliphatic rings. The summed E-state index contributed by atoms with van der Waals surface area (Å²) < 4.78 is 0. The van der Waals surface area contributed by atoms with Gasteiger partial charge in [0.25, 0.3) is 0 Å². The Balaban J connectivity index is 2.17. The van der Waals surface area contributed by atoms with Gasteiger partial charge in [-0.05, 0) is 30.7 Å². The Hall–Kier alpha value is -0.860. The summed E-state index contributed by atoms with van der Waals surface area (Å²) in [5, 5.41) is 0. The molecule has 1 fully saturated rings. The van der Waals surface area contributed by atoms with Crippen LogP contribution in [0.3, 0.4) is 0 Å². The zero-order chi connectivity index (χ0) is 15.1. The van der Waals surface area contributed by atoms with Gasteiger partial charge in [0.2, 0.25) is 0 Å². The Morgan fingerprint density at radius 3 is 2.29 bits per heavy atom. The summed E-state index contributed by atoms with van der Waals surface area (Å²) in [6.07, 6.45) is 10.3. The van der Waals surface area contributed by atoms with Gasteiger partial charge in [-0.3, -0.25) is 11.3 Å². The van der Waals surface area contributed by atoms with Crippen LogP contribution in [0.4, 0.5) is 0 Å². The van der Waals surface area contributed by atoms with Crippen LogP contribution in [-0.4, -0.2) is 6.04 Å². The third-order valence-corrected chi connectivity index (χ3v) is 5.24. The molecular formula is C19H32N2. The van der Waals surface area contributed by atoms with Crippen molar-refractivity contribution in [2.75, 3.05) is 0 Å². The van der Waals surface area contributed by atoms with Crippen molar-refractivity contribution in [2.24, 2.45) is 11.8 Å². The number of hydrogen-bond acceptors (Lipinski definition) is 2. The molecule has 0 aromatic heterocycles. The van der Waals surface area contributed by atoms with E-state index >= 15 is 0 Å². The van der Waals surface area contributed by atoms with E-state index < -0.39 is 0 Å². The lowest BCUT2D eigenvalue weighted by molar-refractivity contribution is 0.200. The Labute approximate surface area is 130 Å². The smallest absolute Gasteiger partial charge is 0.0307 e. The number of rotatable bonds is 7. The molecular weight excluding hydrogens is 256 g/mol. The number of benzene rings is 1. The van der Waals surface area contributed by atoms with Gasteiger partial charge >= 0.3 is 0 Å². The number of nitrogens with one attached hydrogen (secondary N) is 1. The molecule has 1 aliphatic carbocycles. The molecule has 3 N–H and O–H groups in total. The first-order valence-electron chi connectivity index (χ1n) is 8.71. The largest absolute Gasteiger partial charge is 0.271 e. The topological polar surface area (TPSA) is 38.0 Å². The van der Waals surface area contributed by atoms with E-state index in [0.29, 0.717) is 6.04 Å². The fraction of sp³-hybridized carbons (Fsp3) is 0.684. The van der Waals surface area contributed by atoms with Gasteiger partial charge in [0, 0.05) is 11.5 Å². The number of nitrogens with two attached hydrogens (primary N) is 1. The fourth-order valence-electron chi connectivity index (χ4n) is 4.04. The average molecular weight is 288 g/mol. The van der Waals surface area contributed by atoms with Crippen molar-refractivity contribution in [3.63, 3.8) is 0 Å². The highest BCUT2D eigenvalue weighted by Crippen LogP contribution is 2.43. The second-order valence-corrected chi connectivity index (χ2v) is 7.13. The molecule has 1 saturated carbocycles. The predicted octanol–water partition coefficient (Wildman–Crippen LogP) is 4.55. The summed E-state index contributed by atoms with van der Waals surface area (Å²) in [5.41, 5.74) is 4.91. The zero-order valence-electron chi connectivity index (χ0n) is 13.8. The van der Waals surface area contributed by atoms with Crippen molar-refractivity contribution in [2.45, 2.75) is 76.7 Å². The quantitative estimate of drug-likeness (QED) is 0.571. The van der Waals surface area contributed by atoms with Crippen LogP contribution in [0.25, 0.3) is 0 Å². The van der Waals surface area contributed by atoms with E-state index in [1.165, 1.54) is 56.9 Å². The van der Waals surface area contributed by atoms with Crippen LogP contribution in [0, 0.1) is 5.92 Å². The predicted molar refractivity (Wildman–Crippen MR) is 91.0 cm³/mol. The number of hydrogen-bond donors (Lipinski definition) is 2. The molecule has 0 heterocycles. The summed E-state index contributed by atoms with van der Waals surface area (Å²) in [7, 11) is 0. The Morgan fingerprint density at radius 2 is 1.71 bits per heavy atom. The summed E-state index contributed by atoms with van der Waals surface area (Å²) in [6.45, 7) is 4.61. The van der Waals surface area contributed by atoms with Crippen LogP contribution in [0.15, 0.2) is 30.3 Å². The highest BCUT2D eigenvalue weighted by atomic mass is 15.2. The molecule has 0 radical (unpaired) electrons. The van der Waals surface area contributed by atoms with E-state index in [-0.39, 0.29) is 5.41 Å². The van der Waals surface area contributed by atoms with Crippen molar-refractivity contribution < 1.29 is 0 Å². The van der Waals surface area contributed by atoms with Crippen LogP contribution in [0.5, 0.6) is 0 Å². The maximum atomic E-state index is 5.99. The normalized spacial score (nSPS) is 19.6. The van der Waals surface area contributed by atoms with E-state index in [2.05, 4.69) is 49.6 Å². The SMILES string of the molecule is CC(C)CCCC(NN)C1(c2ccccc2)CCCCC1. The first-order chi connectivity index (χ1) is 10.2.